The highest BCUT2D eigenvalue weighted by molar-refractivity contribution is 5.39. The van der Waals surface area contributed by atoms with Crippen LogP contribution in [0.3, 0.4) is 0 Å². The summed E-state index contributed by atoms with van der Waals surface area (Å²) in [5.74, 6) is 1.69. The Morgan fingerprint density at radius 3 is 2.06 bits per heavy atom. The summed E-state index contributed by atoms with van der Waals surface area (Å²) < 4.78 is 7.68. The van der Waals surface area contributed by atoms with Gasteiger partial charge in [0.15, 0.2) is 5.82 Å². The van der Waals surface area contributed by atoms with Gasteiger partial charge in [-0.1, -0.05) is 78.9 Å². The average molecular weight is 455 g/mol. The van der Waals surface area contributed by atoms with E-state index >= 15 is 0 Å². The molecule has 1 fully saturated rings. The van der Waals surface area contributed by atoms with Crippen molar-refractivity contribution >= 4 is 0 Å². The molecule has 1 aromatic heterocycles. The van der Waals surface area contributed by atoms with Gasteiger partial charge in [0.25, 0.3) is 0 Å². The van der Waals surface area contributed by atoms with Gasteiger partial charge in [-0.05, 0) is 27.6 Å². The lowest BCUT2D eigenvalue weighted by Gasteiger charge is -2.39. The Balaban J connectivity index is 1.41. The Bertz CT molecular complexity index is 1170. The van der Waals surface area contributed by atoms with Gasteiger partial charge in [-0.15, -0.1) is 5.10 Å². The molecule has 0 amide bonds. The minimum absolute atomic E-state index is 0.0891. The first-order valence-electron chi connectivity index (χ1n) is 11.7. The molecule has 0 unspecified atom stereocenters. The van der Waals surface area contributed by atoms with Gasteiger partial charge in [-0.3, -0.25) is 9.80 Å². The number of benzene rings is 3. The largest absolute Gasteiger partial charge is 0.496 e. The summed E-state index contributed by atoms with van der Waals surface area (Å²) in [6.45, 7) is 5.42. The van der Waals surface area contributed by atoms with E-state index in [-0.39, 0.29) is 6.04 Å². The van der Waals surface area contributed by atoms with E-state index in [1.54, 1.807) is 7.11 Å². The normalized spacial score (nSPS) is 15.8. The minimum Gasteiger partial charge on any atom is -0.496 e. The minimum atomic E-state index is -0.0891. The van der Waals surface area contributed by atoms with Crippen molar-refractivity contribution in [2.24, 2.45) is 0 Å². The molecule has 1 aliphatic rings. The highest BCUT2D eigenvalue weighted by Crippen LogP contribution is 2.34. The maximum absolute atomic E-state index is 5.76. The highest BCUT2D eigenvalue weighted by atomic mass is 16.5. The van der Waals surface area contributed by atoms with Crippen LogP contribution in [0.5, 0.6) is 5.75 Å². The van der Waals surface area contributed by atoms with Gasteiger partial charge in [0.1, 0.15) is 11.8 Å². The number of tetrazole rings is 1. The van der Waals surface area contributed by atoms with Gasteiger partial charge in [0.2, 0.25) is 0 Å². The van der Waals surface area contributed by atoms with E-state index in [9.17, 15) is 0 Å². The SMILES string of the molecule is COc1ccccc1[C@@H](c1nnnn1Cc1ccccc1)N1CCN(Cc2ccccc2)CC1. The van der Waals surface area contributed by atoms with Gasteiger partial charge in [0, 0.05) is 38.3 Å². The molecule has 1 atom stereocenters. The Morgan fingerprint density at radius 2 is 1.38 bits per heavy atom. The molecule has 0 spiro atoms. The first kappa shape index (κ1) is 22.3. The van der Waals surface area contributed by atoms with Crippen LogP contribution in [0.1, 0.15) is 28.6 Å². The summed E-state index contributed by atoms with van der Waals surface area (Å²) in [6.07, 6.45) is 0. The van der Waals surface area contributed by atoms with E-state index in [0.29, 0.717) is 6.54 Å². The average Bonchev–Trinajstić information content (AvgIpc) is 3.34. The molecular formula is C27H30N6O. The van der Waals surface area contributed by atoms with E-state index in [4.69, 9.17) is 4.74 Å². The first-order chi connectivity index (χ1) is 16.8. The molecule has 34 heavy (non-hydrogen) atoms. The Morgan fingerprint density at radius 1 is 0.765 bits per heavy atom. The fourth-order valence-electron chi connectivity index (χ4n) is 4.69. The van der Waals surface area contributed by atoms with Crippen LogP contribution in [-0.4, -0.2) is 63.3 Å². The second kappa shape index (κ2) is 10.6. The molecule has 0 radical (unpaired) electrons. The topological polar surface area (TPSA) is 59.3 Å². The van der Waals surface area contributed by atoms with Crippen LogP contribution < -0.4 is 4.74 Å². The van der Waals surface area contributed by atoms with E-state index in [1.165, 1.54) is 11.1 Å². The molecule has 0 bridgehead atoms. The number of methoxy groups -OCH3 is 1. The Kier molecular flexibility index (Phi) is 6.93. The zero-order chi connectivity index (χ0) is 23.2. The second-order valence-corrected chi connectivity index (χ2v) is 8.62. The molecule has 4 aromatic rings. The predicted octanol–water partition coefficient (Wildman–Crippen LogP) is 3.64. The van der Waals surface area contributed by atoms with Gasteiger partial charge in [0.05, 0.1) is 13.7 Å². The molecule has 174 valence electrons. The van der Waals surface area contributed by atoms with Crippen LogP contribution in [0.2, 0.25) is 0 Å². The maximum atomic E-state index is 5.76. The standard InChI is InChI=1S/C27H30N6O/c1-34-25-15-9-8-14-24(25)26(27-28-29-30-33(27)21-23-12-6-3-7-13-23)32-18-16-31(17-19-32)20-22-10-4-2-5-11-22/h2-15,26H,16-21H2,1H3/t26-/m0/s1. The number of hydrogen-bond donors (Lipinski definition) is 0. The number of nitrogens with zero attached hydrogens (tertiary/aromatic N) is 6. The van der Waals surface area contributed by atoms with Crippen molar-refractivity contribution in [1.82, 2.24) is 30.0 Å². The molecule has 0 saturated carbocycles. The third kappa shape index (κ3) is 5.00. The van der Waals surface area contributed by atoms with Crippen LogP contribution in [0.25, 0.3) is 0 Å². The van der Waals surface area contributed by atoms with Crippen molar-refractivity contribution in [3.8, 4) is 5.75 Å². The number of piperazine rings is 1. The number of hydrogen-bond acceptors (Lipinski definition) is 6. The molecule has 1 saturated heterocycles. The van der Waals surface area contributed by atoms with E-state index < -0.39 is 0 Å². The van der Waals surface area contributed by atoms with Gasteiger partial charge >= 0.3 is 0 Å². The van der Waals surface area contributed by atoms with E-state index in [1.807, 2.05) is 35.0 Å². The van der Waals surface area contributed by atoms with Crippen LogP contribution in [-0.2, 0) is 13.1 Å². The first-order valence-corrected chi connectivity index (χ1v) is 11.7. The summed E-state index contributed by atoms with van der Waals surface area (Å²) in [5.41, 5.74) is 3.61. The Labute approximate surface area is 200 Å². The zero-order valence-corrected chi connectivity index (χ0v) is 19.5. The summed E-state index contributed by atoms with van der Waals surface area (Å²) in [6, 6.07) is 29.1. The van der Waals surface area contributed by atoms with Crippen LogP contribution in [0.15, 0.2) is 84.9 Å². The fraction of sp³-hybridized carbons (Fsp3) is 0.296. The molecule has 0 N–H and O–H groups in total. The number of para-hydroxylation sites is 1. The molecule has 2 heterocycles. The highest BCUT2D eigenvalue weighted by Gasteiger charge is 2.32. The fourth-order valence-corrected chi connectivity index (χ4v) is 4.69. The molecule has 7 heteroatoms. The maximum Gasteiger partial charge on any atom is 0.173 e. The van der Waals surface area contributed by atoms with Crippen molar-refractivity contribution in [2.45, 2.75) is 19.1 Å². The third-order valence-corrected chi connectivity index (χ3v) is 6.43. The van der Waals surface area contributed by atoms with Crippen molar-refractivity contribution in [3.05, 3.63) is 107 Å². The lowest BCUT2D eigenvalue weighted by Crippen LogP contribution is -2.48. The third-order valence-electron chi connectivity index (χ3n) is 6.43. The number of aromatic nitrogens is 4. The monoisotopic (exact) mass is 454 g/mol. The van der Waals surface area contributed by atoms with Gasteiger partial charge in [-0.25, -0.2) is 4.68 Å². The lowest BCUT2D eigenvalue weighted by atomic mass is 10.0. The predicted molar refractivity (Wildman–Crippen MR) is 131 cm³/mol. The van der Waals surface area contributed by atoms with Crippen LogP contribution in [0, 0.1) is 0 Å². The molecule has 0 aliphatic carbocycles. The summed E-state index contributed by atoms with van der Waals surface area (Å²) in [4.78, 5) is 4.99. The van der Waals surface area contributed by atoms with E-state index in [0.717, 1.165) is 49.9 Å². The molecule has 7 nitrogen and oxygen atoms in total. The molecule has 3 aromatic carbocycles. The van der Waals surface area contributed by atoms with Crippen LogP contribution in [0.4, 0.5) is 0 Å². The lowest BCUT2D eigenvalue weighted by molar-refractivity contribution is 0.0993. The molecule has 1 aliphatic heterocycles. The summed E-state index contributed by atoms with van der Waals surface area (Å²) in [5, 5.41) is 12.9. The quantitative estimate of drug-likeness (QED) is 0.405. The molecule has 5 rings (SSSR count). The van der Waals surface area contributed by atoms with Crippen molar-refractivity contribution in [1.29, 1.82) is 0 Å². The molecular weight excluding hydrogens is 424 g/mol. The smallest absolute Gasteiger partial charge is 0.173 e. The summed E-state index contributed by atoms with van der Waals surface area (Å²) in [7, 11) is 1.72. The van der Waals surface area contributed by atoms with Crippen LogP contribution >= 0.6 is 0 Å². The van der Waals surface area contributed by atoms with Crippen molar-refractivity contribution in [2.75, 3.05) is 33.3 Å². The van der Waals surface area contributed by atoms with Gasteiger partial charge in [-0.2, -0.15) is 0 Å². The zero-order valence-electron chi connectivity index (χ0n) is 19.5. The number of ether oxygens (including phenoxy) is 1. The van der Waals surface area contributed by atoms with Crippen molar-refractivity contribution in [3.63, 3.8) is 0 Å². The summed E-state index contributed by atoms with van der Waals surface area (Å²) >= 11 is 0. The van der Waals surface area contributed by atoms with Crippen molar-refractivity contribution < 1.29 is 4.74 Å². The van der Waals surface area contributed by atoms with E-state index in [2.05, 4.69) is 79.9 Å². The number of rotatable bonds is 8. The Hall–Kier alpha value is -3.55. The van der Waals surface area contributed by atoms with Gasteiger partial charge < -0.3 is 4.74 Å². The second-order valence-electron chi connectivity index (χ2n) is 8.62.